The molecule has 0 bridgehead atoms. The molecule has 4 aliphatic heterocycles. The first kappa shape index (κ1) is 36.3. The Kier molecular flexibility index (Phi) is 16.8. The van der Waals surface area contributed by atoms with Crippen LogP contribution in [0.4, 0.5) is 13.2 Å². The van der Waals surface area contributed by atoms with Crippen LogP contribution in [0.15, 0.2) is 30.3 Å². The van der Waals surface area contributed by atoms with Gasteiger partial charge >= 0.3 is 0 Å². The lowest BCUT2D eigenvalue weighted by Gasteiger charge is -2.32. The fraction of sp³-hybridized carbons (Fsp3) is 0.742. The van der Waals surface area contributed by atoms with Crippen molar-refractivity contribution in [2.75, 3.05) is 80.5 Å². The fourth-order valence-electron chi connectivity index (χ4n) is 5.00. The number of hydrogen-bond acceptors (Lipinski definition) is 8. The molecule has 1 aromatic carbocycles. The van der Waals surface area contributed by atoms with Crippen LogP contribution in [0.3, 0.4) is 0 Å². The second kappa shape index (κ2) is 19.4. The molecule has 1 aromatic rings. The highest BCUT2D eigenvalue weighted by Crippen LogP contribution is 2.13. The predicted molar refractivity (Wildman–Crippen MR) is 163 cm³/mol. The van der Waals surface area contributed by atoms with Crippen LogP contribution in [0.5, 0.6) is 0 Å². The molecule has 8 nitrogen and oxygen atoms in total. The van der Waals surface area contributed by atoms with Gasteiger partial charge in [0.15, 0.2) is 12.0 Å². The van der Waals surface area contributed by atoms with E-state index >= 15 is 0 Å². The van der Waals surface area contributed by atoms with E-state index in [1.807, 2.05) is 61.1 Å². The van der Waals surface area contributed by atoms with Gasteiger partial charge in [0.2, 0.25) is 0 Å². The maximum absolute atomic E-state index is 13.7. The largest absolute Gasteiger partial charge is 0.325 e. The molecule has 0 aromatic heterocycles. The van der Waals surface area contributed by atoms with Crippen LogP contribution in [0, 0.1) is 0 Å². The number of benzene rings is 1. The first-order valence-electron chi connectivity index (χ1n) is 15.2. The lowest BCUT2D eigenvalue weighted by molar-refractivity contribution is -0.127. The summed E-state index contributed by atoms with van der Waals surface area (Å²) in [6.07, 6.45) is 0.780. The van der Waals surface area contributed by atoms with Crippen molar-refractivity contribution < 1.29 is 22.8 Å². The third-order valence-electron chi connectivity index (χ3n) is 8.06. The Balaban J connectivity index is 0.000000206. The molecule has 0 amide bonds. The number of carbonyl (C=O) groups is 2. The summed E-state index contributed by atoms with van der Waals surface area (Å²) >= 11 is 0. The summed E-state index contributed by atoms with van der Waals surface area (Å²) in [6.45, 7) is 6.62. The summed E-state index contributed by atoms with van der Waals surface area (Å²) in [5, 5.41) is 3.31. The van der Waals surface area contributed by atoms with Crippen molar-refractivity contribution >= 4 is 11.6 Å². The maximum Gasteiger partial charge on any atom is 0.171 e. The van der Waals surface area contributed by atoms with Gasteiger partial charge in [0.1, 0.15) is 18.1 Å². The molecule has 240 valence electrons. The number of hydrogen-bond donors (Lipinski definition) is 2. The molecule has 1 unspecified atom stereocenters. The van der Waals surface area contributed by atoms with E-state index in [-0.39, 0.29) is 24.4 Å². The van der Waals surface area contributed by atoms with Gasteiger partial charge in [0, 0.05) is 77.2 Å². The van der Waals surface area contributed by atoms with Gasteiger partial charge in [-0.15, -0.1) is 0 Å². The lowest BCUT2D eigenvalue weighted by atomic mass is 10.0. The van der Waals surface area contributed by atoms with Crippen molar-refractivity contribution in [1.29, 1.82) is 0 Å². The monoisotopic (exact) mass is 598 g/mol. The highest BCUT2D eigenvalue weighted by Gasteiger charge is 2.27. The molecule has 4 saturated heterocycles. The zero-order valence-corrected chi connectivity index (χ0v) is 26.0. The van der Waals surface area contributed by atoms with Crippen molar-refractivity contribution in [3.8, 4) is 0 Å². The summed E-state index contributed by atoms with van der Waals surface area (Å²) in [5.74, 6) is 0.177. The Bertz CT molecular complexity index is 904. The van der Waals surface area contributed by atoms with E-state index in [4.69, 9.17) is 5.73 Å². The fourth-order valence-corrected chi connectivity index (χ4v) is 5.00. The number of Topliss-reactive ketones (excluding diaryl/α,β-unsaturated/α-hetero) is 2. The molecule has 5 atom stereocenters. The summed E-state index contributed by atoms with van der Waals surface area (Å²) in [6, 6.07) is 9.94. The van der Waals surface area contributed by atoms with Crippen molar-refractivity contribution in [2.24, 2.45) is 5.73 Å². The number of nitrogens with one attached hydrogen (secondary N) is 1. The summed E-state index contributed by atoms with van der Waals surface area (Å²) in [4.78, 5) is 29.1. The zero-order valence-electron chi connectivity index (χ0n) is 26.0. The van der Waals surface area contributed by atoms with Crippen LogP contribution in [0.2, 0.25) is 0 Å². The Morgan fingerprint density at radius 3 is 1.79 bits per heavy atom. The van der Waals surface area contributed by atoms with Gasteiger partial charge in [-0.2, -0.15) is 0 Å². The van der Waals surface area contributed by atoms with E-state index in [2.05, 4.69) is 22.3 Å². The first-order valence-corrected chi connectivity index (χ1v) is 15.2. The number of carbonyl (C=O) groups excluding carboxylic acids is 2. The molecule has 4 fully saturated rings. The number of nitrogens with zero attached hydrogens (tertiary/aromatic N) is 4. The van der Waals surface area contributed by atoms with Crippen molar-refractivity contribution in [3.05, 3.63) is 35.9 Å². The number of ketones is 2. The zero-order chi connectivity index (χ0) is 31.1. The Morgan fingerprint density at radius 2 is 1.29 bits per heavy atom. The van der Waals surface area contributed by atoms with E-state index in [9.17, 15) is 22.8 Å². The van der Waals surface area contributed by atoms with Gasteiger partial charge in [0.25, 0.3) is 0 Å². The minimum atomic E-state index is -1.23. The lowest BCUT2D eigenvalue weighted by Crippen LogP contribution is -2.49. The third kappa shape index (κ3) is 14.5. The van der Waals surface area contributed by atoms with Crippen LogP contribution in [0.25, 0.3) is 0 Å². The molecular formula is C31H53F3N6O2. The average molecular weight is 599 g/mol. The van der Waals surface area contributed by atoms with E-state index in [1.54, 1.807) is 0 Å². The Hall–Kier alpha value is -1.89. The molecule has 0 aliphatic carbocycles. The Morgan fingerprint density at radius 1 is 0.738 bits per heavy atom. The molecule has 0 spiro atoms. The van der Waals surface area contributed by atoms with E-state index in [0.717, 1.165) is 58.4 Å². The summed E-state index contributed by atoms with van der Waals surface area (Å²) < 4.78 is 38.8. The predicted octanol–water partition coefficient (Wildman–Crippen LogP) is 2.32. The molecule has 4 heterocycles. The SMILES string of the molecule is CN1CCC(=O)C(F)C1.CN1CCC(=O)CC1.CN1CC[C@H](N)[C@H](F)C1.CN1CC[C@H](NCc2ccccc2)[C@H](F)C1. The number of rotatable bonds is 3. The topological polar surface area (TPSA) is 85.2 Å². The van der Waals surface area contributed by atoms with E-state index < -0.39 is 18.5 Å². The number of piperidine rings is 4. The molecule has 0 saturated carbocycles. The average Bonchev–Trinajstić information content (AvgIpc) is 2.96. The standard InChI is InChI=1S/C13H19FN2.C6H13FN2.C6H10FNO.C6H11NO/c1-16-8-7-13(12(14)10-16)15-9-11-5-3-2-4-6-11;1-9-3-2-6(8)5(7)4-9;1-8-3-2-6(9)5(7)4-8;1-7-4-2-6(8)3-5-7/h2-6,12-13,15H,7-10H2,1H3;5-6H,2-4,8H2,1H3;5H,2-4H2,1H3;2-5H2,1H3/t12-,13+;5-,6+;;/m11../s1. The first-order chi connectivity index (χ1) is 19.9. The molecule has 0 radical (unpaired) electrons. The van der Waals surface area contributed by atoms with Crippen LogP contribution < -0.4 is 11.1 Å². The minimum absolute atomic E-state index is 0.0106. The van der Waals surface area contributed by atoms with Crippen LogP contribution in [0.1, 0.15) is 37.7 Å². The number of nitrogens with two attached hydrogens (primary N) is 1. The normalized spacial score (nSPS) is 29.8. The van der Waals surface area contributed by atoms with Gasteiger partial charge in [-0.1, -0.05) is 30.3 Å². The molecule has 4 aliphatic rings. The quantitative estimate of drug-likeness (QED) is 0.549. The van der Waals surface area contributed by atoms with Crippen LogP contribution in [-0.4, -0.2) is 142 Å². The summed E-state index contributed by atoms with van der Waals surface area (Å²) in [7, 11) is 7.75. The minimum Gasteiger partial charge on any atom is -0.325 e. The van der Waals surface area contributed by atoms with Gasteiger partial charge in [-0.25, -0.2) is 13.2 Å². The molecule has 42 heavy (non-hydrogen) atoms. The number of halogens is 3. The van der Waals surface area contributed by atoms with Gasteiger partial charge in [-0.3, -0.25) is 9.59 Å². The third-order valence-corrected chi connectivity index (χ3v) is 8.06. The van der Waals surface area contributed by atoms with Crippen molar-refractivity contribution in [3.63, 3.8) is 0 Å². The Labute approximate surface area is 250 Å². The number of alkyl halides is 3. The highest BCUT2D eigenvalue weighted by atomic mass is 19.1. The maximum atomic E-state index is 13.7. The van der Waals surface area contributed by atoms with E-state index in [0.29, 0.717) is 31.8 Å². The van der Waals surface area contributed by atoms with Gasteiger partial charge in [-0.05, 0) is 59.7 Å². The van der Waals surface area contributed by atoms with Crippen molar-refractivity contribution in [2.45, 2.75) is 69.2 Å². The summed E-state index contributed by atoms with van der Waals surface area (Å²) in [5.41, 5.74) is 6.66. The smallest absolute Gasteiger partial charge is 0.171 e. The second-order valence-electron chi connectivity index (χ2n) is 12.1. The second-order valence-corrected chi connectivity index (χ2v) is 12.1. The van der Waals surface area contributed by atoms with E-state index in [1.165, 1.54) is 5.56 Å². The molecule has 11 heteroatoms. The van der Waals surface area contributed by atoms with Crippen molar-refractivity contribution in [1.82, 2.24) is 24.9 Å². The highest BCUT2D eigenvalue weighted by molar-refractivity contribution is 5.84. The van der Waals surface area contributed by atoms with Gasteiger partial charge < -0.3 is 30.7 Å². The van der Waals surface area contributed by atoms with Gasteiger partial charge in [0.05, 0.1) is 0 Å². The van der Waals surface area contributed by atoms with Crippen LogP contribution in [-0.2, 0) is 16.1 Å². The molecule has 3 N–H and O–H groups in total. The molecular weight excluding hydrogens is 545 g/mol. The number of likely N-dealkylation sites (tertiary alicyclic amines) is 4. The van der Waals surface area contributed by atoms with Crippen LogP contribution >= 0.6 is 0 Å². The molecule has 5 rings (SSSR count).